The highest BCUT2D eigenvalue weighted by atomic mass is 35.5. The van der Waals surface area contributed by atoms with Crippen LogP contribution in [0.2, 0.25) is 5.02 Å². The van der Waals surface area contributed by atoms with Crippen LogP contribution >= 0.6 is 11.6 Å². The summed E-state index contributed by atoms with van der Waals surface area (Å²) in [5.74, 6) is -0.176. The fourth-order valence-electron chi connectivity index (χ4n) is 3.33. The van der Waals surface area contributed by atoms with E-state index >= 15 is 0 Å². The maximum atomic E-state index is 12.4. The van der Waals surface area contributed by atoms with E-state index in [0.717, 1.165) is 6.42 Å². The van der Waals surface area contributed by atoms with Crippen LogP contribution in [0.1, 0.15) is 32.3 Å². The van der Waals surface area contributed by atoms with Crippen molar-refractivity contribution in [3.05, 3.63) is 34.0 Å². The van der Waals surface area contributed by atoms with Crippen molar-refractivity contribution in [3.8, 4) is 11.5 Å². The lowest BCUT2D eigenvalue weighted by Crippen LogP contribution is -2.51. The highest BCUT2D eigenvalue weighted by Gasteiger charge is 2.32. The summed E-state index contributed by atoms with van der Waals surface area (Å²) >= 11 is 6.26. The largest absolute Gasteiger partial charge is 0.489 e. The van der Waals surface area contributed by atoms with Gasteiger partial charge in [0.25, 0.3) is 0 Å². The van der Waals surface area contributed by atoms with Gasteiger partial charge in [-0.25, -0.2) is 9.59 Å². The van der Waals surface area contributed by atoms with Crippen LogP contribution in [-0.4, -0.2) is 50.4 Å². The molecule has 2 amide bonds. The van der Waals surface area contributed by atoms with Gasteiger partial charge in [-0.05, 0) is 31.0 Å². The molecule has 2 aliphatic rings. The van der Waals surface area contributed by atoms with E-state index in [0.29, 0.717) is 41.7 Å². The topological polar surface area (TPSA) is 112 Å². The number of amides is 2. The summed E-state index contributed by atoms with van der Waals surface area (Å²) in [4.78, 5) is 36.7. The molecular formula is C21H25ClN2O7. The number of carbonyl (C=O) groups is 3. The summed E-state index contributed by atoms with van der Waals surface area (Å²) in [6, 6.07) is 2.32. The van der Waals surface area contributed by atoms with Crippen molar-refractivity contribution >= 4 is 29.6 Å². The molecular weight excluding hydrogens is 428 g/mol. The Morgan fingerprint density at radius 3 is 2.71 bits per heavy atom. The number of hydrogen-bond donors (Lipinski definition) is 2. The maximum absolute atomic E-state index is 12.4. The number of hydrogen-bond acceptors (Lipinski definition) is 7. The van der Waals surface area contributed by atoms with E-state index in [-0.39, 0.29) is 30.9 Å². The molecule has 1 aromatic rings. The summed E-state index contributed by atoms with van der Waals surface area (Å²) in [5.41, 5.74) is 1.05. The zero-order valence-electron chi connectivity index (χ0n) is 17.4. The molecule has 9 nitrogen and oxygen atoms in total. The Morgan fingerprint density at radius 1 is 1.19 bits per heavy atom. The first-order valence-corrected chi connectivity index (χ1v) is 10.5. The van der Waals surface area contributed by atoms with Gasteiger partial charge >= 0.3 is 18.0 Å². The Kier molecular flexibility index (Phi) is 7.62. The predicted octanol–water partition coefficient (Wildman–Crippen LogP) is 2.50. The molecule has 2 aliphatic heterocycles. The highest BCUT2D eigenvalue weighted by Crippen LogP contribution is 2.38. The molecule has 1 atom stereocenters. The Morgan fingerprint density at radius 2 is 1.97 bits per heavy atom. The summed E-state index contributed by atoms with van der Waals surface area (Å²) in [7, 11) is 0. The zero-order chi connectivity index (χ0) is 22.4. The molecule has 0 unspecified atom stereocenters. The van der Waals surface area contributed by atoms with Crippen LogP contribution in [0.4, 0.5) is 4.79 Å². The maximum Gasteiger partial charge on any atom is 0.338 e. The lowest BCUT2D eigenvalue weighted by Gasteiger charge is -2.28. The van der Waals surface area contributed by atoms with Gasteiger partial charge in [-0.3, -0.25) is 4.79 Å². The summed E-state index contributed by atoms with van der Waals surface area (Å²) in [6.45, 7) is 4.43. The van der Waals surface area contributed by atoms with E-state index in [1.165, 1.54) is 0 Å². The van der Waals surface area contributed by atoms with Crippen molar-refractivity contribution in [3.63, 3.8) is 0 Å². The van der Waals surface area contributed by atoms with Crippen molar-refractivity contribution in [2.24, 2.45) is 0 Å². The predicted molar refractivity (Wildman–Crippen MR) is 111 cm³/mol. The Labute approximate surface area is 185 Å². The number of benzene rings is 1. The average molecular weight is 453 g/mol. The molecule has 0 bridgehead atoms. The monoisotopic (exact) mass is 452 g/mol. The quantitative estimate of drug-likeness (QED) is 0.611. The molecule has 0 radical (unpaired) electrons. The van der Waals surface area contributed by atoms with Crippen LogP contribution in [0.15, 0.2) is 23.4 Å². The van der Waals surface area contributed by atoms with Crippen LogP contribution in [0.5, 0.6) is 11.5 Å². The van der Waals surface area contributed by atoms with Gasteiger partial charge in [0.1, 0.15) is 6.61 Å². The third-order valence-corrected chi connectivity index (χ3v) is 5.02. The van der Waals surface area contributed by atoms with Gasteiger partial charge in [0.05, 0.1) is 48.6 Å². The Bertz CT molecular complexity index is 900. The molecule has 168 valence electrons. The third-order valence-electron chi connectivity index (χ3n) is 4.73. The van der Waals surface area contributed by atoms with Gasteiger partial charge in [-0.15, -0.1) is 0 Å². The van der Waals surface area contributed by atoms with Crippen LogP contribution in [0.25, 0.3) is 0 Å². The second-order valence-corrected chi connectivity index (χ2v) is 7.37. The number of nitrogens with one attached hydrogen (secondary N) is 2. The molecule has 0 aliphatic carbocycles. The SMILES string of the molecule is CCOC(=O)C1=C(COC(=O)Cc2cc(Cl)c3c(c2)OCCCO3)NC(=O)N[C@@H]1CC. The number of rotatable bonds is 7. The summed E-state index contributed by atoms with van der Waals surface area (Å²) in [5, 5.41) is 5.56. The normalized spacial score (nSPS) is 17.9. The molecule has 0 saturated carbocycles. The number of esters is 2. The molecule has 2 heterocycles. The number of ether oxygens (including phenoxy) is 4. The summed E-state index contributed by atoms with van der Waals surface area (Å²) < 4.78 is 21.6. The second kappa shape index (κ2) is 10.4. The van der Waals surface area contributed by atoms with E-state index in [1.807, 2.05) is 6.92 Å². The van der Waals surface area contributed by atoms with E-state index in [4.69, 9.17) is 30.5 Å². The standard InChI is InChI=1S/C21H25ClN2O7/c1-3-14-18(20(26)28-4-2)15(24-21(27)23-14)11-31-17(25)10-12-8-13(22)19-16(9-12)29-6-5-7-30-19/h8-9,14H,3-7,10-11H2,1-2H3,(H2,23,24,27)/t14-/m1/s1. The minimum atomic E-state index is -0.567. The molecule has 0 fully saturated rings. The van der Waals surface area contributed by atoms with Crippen molar-refractivity contribution in [2.45, 2.75) is 39.2 Å². The summed E-state index contributed by atoms with van der Waals surface area (Å²) in [6.07, 6.45) is 1.15. The first-order valence-electron chi connectivity index (χ1n) is 10.1. The number of halogens is 1. The molecule has 10 heteroatoms. The van der Waals surface area contributed by atoms with E-state index in [1.54, 1.807) is 19.1 Å². The fraction of sp³-hybridized carbons (Fsp3) is 0.476. The number of urea groups is 1. The van der Waals surface area contributed by atoms with Gasteiger partial charge in [0, 0.05) is 6.42 Å². The highest BCUT2D eigenvalue weighted by molar-refractivity contribution is 6.32. The third kappa shape index (κ3) is 5.61. The number of fused-ring (bicyclic) bond motifs is 1. The van der Waals surface area contributed by atoms with Gasteiger partial charge < -0.3 is 29.6 Å². The molecule has 0 spiro atoms. The van der Waals surface area contributed by atoms with Gasteiger partial charge in [-0.1, -0.05) is 18.5 Å². The van der Waals surface area contributed by atoms with Gasteiger partial charge in [-0.2, -0.15) is 0 Å². The van der Waals surface area contributed by atoms with Crippen molar-refractivity contribution in [1.82, 2.24) is 10.6 Å². The lowest BCUT2D eigenvalue weighted by atomic mass is 10.0. The van der Waals surface area contributed by atoms with Crippen LogP contribution < -0.4 is 20.1 Å². The first-order chi connectivity index (χ1) is 14.9. The van der Waals surface area contributed by atoms with Crippen molar-refractivity contribution in [1.29, 1.82) is 0 Å². The molecule has 2 N–H and O–H groups in total. The van der Waals surface area contributed by atoms with Crippen LogP contribution in [0, 0.1) is 0 Å². The molecule has 1 aromatic carbocycles. The molecule has 0 aromatic heterocycles. The number of carbonyl (C=O) groups excluding carboxylic acids is 3. The molecule has 0 saturated heterocycles. The zero-order valence-corrected chi connectivity index (χ0v) is 18.2. The van der Waals surface area contributed by atoms with Gasteiger partial charge in [0.2, 0.25) is 0 Å². The molecule has 31 heavy (non-hydrogen) atoms. The second-order valence-electron chi connectivity index (χ2n) is 6.96. The minimum absolute atomic E-state index is 0.0677. The van der Waals surface area contributed by atoms with Crippen molar-refractivity contribution < 1.29 is 33.3 Å². The Hall–Kier alpha value is -2.94. The smallest absolute Gasteiger partial charge is 0.338 e. The average Bonchev–Trinajstić information content (AvgIpc) is 2.97. The fourth-order valence-corrected chi connectivity index (χ4v) is 3.62. The minimum Gasteiger partial charge on any atom is -0.489 e. The molecule has 3 rings (SSSR count). The van der Waals surface area contributed by atoms with Crippen molar-refractivity contribution in [2.75, 3.05) is 26.4 Å². The first kappa shape index (κ1) is 22.7. The van der Waals surface area contributed by atoms with E-state index in [2.05, 4.69) is 10.6 Å². The van der Waals surface area contributed by atoms with E-state index in [9.17, 15) is 14.4 Å². The van der Waals surface area contributed by atoms with Crippen LogP contribution in [0.3, 0.4) is 0 Å². The lowest BCUT2D eigenvalue weighted by molar-refractivity contribution is -0.143. The van der Waals surface area contributed by atoms with Crippen LogP contribution in [-0.2, 0) is 25.5 Å². The Balaban J connectivity index is 1.71. The van der Waals surface area contributed by atoms with Gasteiger partial charge in [0.15, 0.2) is 11.5 Å². The van der Waals surface area contributed by atoms with E-state index < -0.39 is 24.0 Å².